The van der Waals surface area contributed by atoms with Crippen LogP contribution in [0.3, 0.4) is 0 Å². The van der Waals surface area contributed by atoms with Gasteiger partial charge in [-0.25, -0.2) is 0 Å². The monoisotopic (exact) mass is 332 g/mol. The average molecular weight is 333 g/mol. The Hall–Kier alpha value is -0.340. The number of hydrogen-bond acceptors (Lipinski definition) is 2. The van der Waals surface area contributed by atoms with Crippen molar-refractivity contribution in [1.82, 2.24) is 0 Å². The molecule has 0 atom stereocenters. The summed E-state index contributed by atoms with van der Waals surface area (Å²) in [6.45, 7) is 9.50. The molecule has 1 aliphatic heterocycles. The molecule has 0 amide bonds. The Bertz CT molecular complexity index is 577. The van der Waals surface area contributed by atoms with Crippen LogP contribution in [0, 0.1) is 12.3 Å². The third-order valence-electron chi connectivity index (χ3n) is 4.93. The molecule has 1 saturated heterocycles. The molecule has 0 unspecified atom stereocenters. The van der Waals surface area contributed by atoms with Crippen molar-refractivity contribution in [3.05, 3.63) is 46.5 Å². The van der Waals surface area contributed by atoms with Gasteiger partial charge in [0, 0.05) is 11.5 Å². The van der Waals surface area contributed by atoms with Gasteiger partial charge in [-0.05, 0) is 56.1 Å². The lowest BCUT2D eigenvalue weighted by molar-refractivity contribution is 0.307. The Morgan fingerprint density at radius 2 is 1.77 bits per heavy atom. The molecule has 2 aliphatic rings. The molecule has 0 aromatic heterocycles. The molecule has 0 saturated carbocycles. The van der Waals surface area contributed by atoms with E-state index < -0.39 is 0 Å². The zero-order chi connectivity index (χ0) is 15.8. The summed E-state index contributed by atoms with van der Waals surface area (Å²) >= 11 is 4.45. The second-order valence-corrected chi connectivity index (χ2v) is 10.8. The first kappa shape index (κ1) is 16.5. The van der Waals surface area contributed by atoms with Crippen LogP contribution in [0.4, 0.5) is 0 Å². The molecule has 1 heterocycles. The Balaban J connectivity index is 1.83. The van der Waals surface area contributed by atoms with Gasteiger partial charge in [-0.3, -0.25) is 0 Å². The Morgan fingerprint density at radius 3 is 2.45 bits per heavy atom. The lowest BCUT2D eigenvalue weighted by Gasteiger charge is -2.44. The second-order valence-electron chi connectivity index (χ2n) is 7.72. The maximum atomic E-state index is 2.45. The molecule has 120 valence electrons. The van der Waals surface area contributed by atoms with Crippen molar-refractivity contribution in [2.45, 2.75) is 57.5 Å². The smallest absolute Gasteiger partial charge is 0.0828 e. The van der Waals surface area contributed by atoms with Crippen molar-refractivity contribution in [2.75, 3.05) is 11.5 Å². The maximum absolute atomic E-state index is 2.45. The van der Waals surface area contributed by atoms with E-state index >= 15 is 0 Å². The fraction of sp³-hybridized carbons (Fsp3) is 0.600. The van der Waals surface area contributed by atoms with Crippen molar-refractivity contribution in [3.63, 3.8) is 0 Å². The summed E-state index contributed by atoms with van der Waals surface area (Å²) in [6, 6.07) is 9.04. The number of rotatable bonds is 3. The molecule has 2 heteroatoms. The van der Waals surface area contributed by atoms with E-state index in [2.05, 4.69) is 75.5 Å². The normalized spacial score (nSPS) is 23.3. The van der Waals surface area contributed by atoms with Crippen molar-refractivity contribution < 1.29 is 0 Å². The van der Waals surface area contributed by atoms with Crippen molar-refractivity contribution in [1.29, 1.82) is 0 Å². The summed E-state index contributed by atoms with van der Waals surface area (Å²) in [7, 11) is 0. The number of thioether (sulfide) groups is 2. The molecule has 3 rings (SSSR count). The van der Waals surface area contributed by atoms with Crippen LogP contribution < -0.4 is 0 Å². The van der Waals surface area contributed by atoms with E-state index in [1.54, 1.807) is 11.1 Å². The maximum Gasteiger partial charge on any atom is 0.0828 e. The van der Waals surface area contributed by atoms with Gasteiger partial charge in [0.05, 0.1) is 4.08 Å². The summed E-state index contributed by atoms with van der Waals surface area (Å²) in [4.78, 5) is 0. The van der Waals surface area contributed by atoms with Gasteiger partial charge in [-0.15, -0.1) is 23.5 Å². The van der Waals surface area contributed by atoms with Crippen molar-refractivity contribution >= 4 is 23.5 Å². The van der Waals surface area contributed by atoms with Crippen LogP contribution in [0.25, 0.3) is 0 Å². The number of benzene rings is 1. The standard InChI is InChI=1S/C20H28S2/c1-15-6-5-7-17(12-15)8-9-18-16(2)13-19(3,4)14-20(18)21-10-11-22-20/h5-7,12H,8-11,13-14H2,1-4H3. The van der Waals surface area contributed by atoms with E-state index in [-0.39, 0.29) is 0 Å². The van der Waals surface area contributed by atoms with Gasteiger partial charge >= 0.3 is 0 Å². The minimum absolute atomic E-state index is 0.385. The van der Waals surface area contributed by atoms with Crippen molar-refractivity contribution in [2.24, 2.45) is 5.41 Å². The van der Waals surface area contributed by atoms with Crippen LogP contribution >= 0.6 is 23.5 Å². The van der Waals surface area contributed by atoms with E-state index in [0.717, 1.165) is 0 Å². The summed E-state index contributed by atoms with van der Waals surface area (Å²) < 4.78 is 0.385. The lowest BCUT2D eigenvalue weighted by atomic mass is 9.73. The van der Waals surface area contributed by atoms with Gasteiger partial charge in [0.2, 0.25) is 0 Å². The highest BCUT2D eigenvalue weighted by atomic mass is 32.2. The van der Waals surface area contributed by atoms with Gasteiger partial charge in [-0.2, -0.15) is 0 Å². The Kier molecular flexibility index (Phi) is 4.71. The van der Waals surface area contributed by atoms with Crippen LogP contribution in [0.2, 0.25) is 0 Å². The molecule has 1 aliphatic carbocycles. The van der Waals surface area contributed by atoms with Gasteiger partial charge in [0.15, 0.2) is 0 Å². The van der Waals surface area contributed by atoms with Gasteiger partial charge < -0.3 is 0 Å². The highest BCUT2D eigenvalue weighted by Gasteiger charge is 2.46. The topological polar surface area (TPSA) is 0 Å². The largest absolute Gasteiger partial charge is 0.139 e. The molecule has 0 nitrogen and oxygen atoms in total. The molecule has 22 heavy (non-hydrogen) atoms. The third-order valence-corrected chi connectivity index (χ3v) is 8.43. The number of aryl methyl sites for hydroxylation is 2. The highest BCUT2D eigenvalue weighted by molar-refractivity contribution is 8.21. The second kappa shape index (κ2) is 6.28. The Labute approximate surface area is 144 Å². The number of hydrogen-bond donors (Lipinski definition) is 0. The van der Waals surface area contributed by atoms with Crippen LogP contribution in [0.15, 0.2) is 35.4 Å². The number of allylic oxidation sites excluding steroid dienone is 1. The predicted molar refractivity (Wildman–Crippen MR) is 103 cm³/mol. The lowest BCUT2D eigenvalue weighted by Crippen LogP contribution is -2.34. The highest BCUT2D eigenvalue weighted by Crippen LogP contribution is 2.60. The van der Waals surface area contributed by atoms with E-state index in [1.807, 2.05) is 0 Å². The average Bonchev–Trinajstić information content (AvgIpc) is 2.85. The van der Waals surface area contributed by atoms with E-state index in [1.165, 1.54) is 48.3 Å². The van der Waals surface area contributed by atoms with Gasteiger partial charge in [-0.1, -0.05) is 49.2 Å². The summed E-state index contributed by atoms with van der Waals surface area (Å²) in [5.41, 5.74) is 6.77. The summed E-state index contributed by atoms with van der Waals surface area (Å²) in [6.07, 6.45) is 5.05. The van der Waals surface area contributed by atoms with Gasteiger partial charge in [0.25, 0.3) is 0 Å². The Morgan fingerprint density at radius 1 is 1.05 bits per heavy atom. The molecular formula is C20H28S2. The van der Waals surface area contributed by atoms with Crippen molar-refractivity contribution in [3.8, 4) is 0 Å². The molecule has 1 aromatic rings. The molecular weight excluding hydrogens is 304 g/mol. The predicted octanol–water partition coefficient (Wildman–Crippen LogP) is 6.24. The van der Waals surface area contributed by atoms with Crippen LogP contribution in [-0.4, -0.2) is 15.6 Å². The van der Waals surface area contributed by atoms with E-state index in [4.69, 9.17) is 0 Å². The van der Waals surface area contributed by atoms with Gasteiger partial charge in [0.1, 0.15) is 0 Å². The van der Waals surface area contributed by atoms with E-state index in [9.17, 15) is 0 Å². The minimum Gasteiger partial charge on any atom is -0.139 e. The quantitative estimate of drug-likeness (QED) is 0.601. The zero-order valence-corrected chi connectivity index (χ0v) is 16.0. The summed E-state index contributed by atoms with van der Waals surface area (Å²) in [5.74, 6) is 2.64. The first-order chi connectivity index (χ1) is 10.4. The zero-order valence-electron chi connectivity index (χ0n) is 14.4. The fourth-order valence-corrected chi connectivity index (χ4v) is 8.27. The first-order valence-electron chi connectivity index (χ1n) is 8.43. The van der Waals surface area contributed by atoms with Crippen LogP contribution in [0.1, 0.15) is 51.2 Å². The molecule has 0 radical (unpaired) electrons. The molecule has 1 spiro atoms. The summed E-state index contributed by atoms with van der Waals surface area (Å²) in [5, 5.41) is 0. The first-order valence-corrected chi connectivity index (χ1v) is 10.4. The molecule has 0 N–H and O–H groups in total. The molecule has 1 fully saturated rings. The molecule has 1 aromatic carbocycles. The third kappa shape index (κ3) is 3.43. The SMILES string of the molecule is CC1=C(CCc2cccc(C)c2)C2(CC(C)(C)C1)SCCS2. The van der Waals surface area contributed by atoms with Crippen LogP contribution in [0.5, 0.6) is 0 Å². The minimum atomic E-state index is 0.385. The fourth-order valence-electron chi connectivity index (χ4n) is 4.22. The van der Waals surface area contributed by atoms with E-state index in [0.29, 0.717) is 9.49 Å². The van der Waals surface area contributed by atoms with Crippen LogP contribution in [-0.2, 0) is 6.42 Å². The molecule has 0 bridgehead atoms.